The minimum absolute atomic E-state index is 0.0630. The fraction of sp³-hybridized carbons (Fsp3) is 0.208. The lowest BCUT2D eigenvalue weighted by atomic mass is 9.87. The first kappa shape index (κ1) is 18.5. The van der Waals surface area contributed by atoms with Gasteiger partial charge in [0.2, 0.25) is 0 Å². The Morgan fingerprint density at radius 3 is 2.04 bits per heavy atom. The zero-order valence-electron chi connectivity index (χ0n) is 15.7. The lowest BCUT2D eigenvalue weighted by Crippen LogP contribution is -2.11. The first-order valence-electron chi connectivity index (χ1n) is 8.83. The Balaban J connectivity index is 1.81. The van der Waals surface area contributed by atoms with Gasteiger partial charge >= 0.3 is 0 Å². The van der Waals surface area contributed by atoms with Crippen LogP contribution in [0.15, 0.2) is 82.6 Å². The van der Waals surface area contributed by atoms with Crippen LogP contribution >= 0.6 is 11.8 Å². The molecule has 0 N–H and O–H groups in total. The summed E-state index contributed by atoms with van der Waals surface area (Å²) in [5.74, 6) is 0.0630. The predicted molar refractivity (Wildman–Crippen MR) is 110 cm³/mol. The van der Waals surface area contributed by atoms with Gasteiger partial charge < -0.3 is 0 Å². The molecule has 0 aliphatic rings. The van der Waals surface area contributed by atoms with Gasteiger partial charge in [0.05, 0.1) is 0 Å². The quantitative estimate of drug-likeness (QED) is 0.483. The van der Waals surface area contributed by atoms with Gasteiger partial charge in [-0.05, 0) is 53.8 Å². The lowest BCUT2D eigenvalue weighted by Gasteiger charge is -2.20. The third kappa shape index (κ3) is 4.25. The van der Waals surface area contributed by atoms with Gasteiger partial charge in [0.15, 0.2) is 5.78 Å². The summed E-state index contributed by atoms with van der Waals surface area (Å²) in [6, 6.07) is 24.0. The second-order valence-electron chi connectivity index (χ2n) is 7.55. The highest BCUT2D eigenvalue weighted by Gasteiger charge is 2.15. The van der Waals surface area contributed by atoms with Gasteiger partial charge in [-0.1, -0.05) is 75.0 Å². The van der Waals surface area contributed by atoms with E-state index < -0.39 is 0 Å². The molecule has 0 aromatic heterocycles. The number of hydrogen-bond acceptors (Lipinski definition) is 2. The average Bonchev–Trinajstić information content (AvgIpc) is 2.63. The van der Waals surface area contributed by atoms with E-state index in [1.165, 1.54) is 16.0 Å². The number of rotatable bonds is 4. The number of carbonyl (C=O) groups excluding carboxylic acids is 1. The second-order valence-corrected chi connectivity index (χ2v) is 8.67. The van der Waals surface area contributed by atoms with Gasteiger partial charge in [0, 0.05) is 20.9 Å². The maximum atomic E-state index is 12.5. The molecule has 26 heavy (non-hydrogen) atoms. The summed E-state index contributed by atoms with van der Waals surface area (Å²) >= 11 is 1.75. The summed E-state index contributed by atoms with van der Waals surface area (Å²) in [5, 5.41) is 0. The fourth-order valence-corrected chi connectivity index (χ4v) is 3.68. The molecule has 0 aliphatic heterocycles. The van der Waals surface area contributed by atoms with Crippen molar-refractivity contribution in [3.05, 3.63) is 95.1 Å². The molecule has 2 heteroatoms. The molecule has 0 saturated carbocycles. The van der Waals surface area contributed by atoms with E-state index in [0.29, 0.717) is 0 Å². The smallest absolute Gasteiger partial charge is 0.193 e. The first-order chi connectivity index (χ1) is 12.3. The van der Waals surface area contributed by atoms with Crippen molar-refractivity contribution in [2.45, 2.75) is 42.9 Å². The Kier molecular flexibility index (Phi) is 5.33. The predicted octanol–water partition coefficient (Wildman–Crippen LogP) is 6.67. The third-order valence-corrected chi connectivity index (χ3v) is 5.60. The molecule has 3 rings (SSSR count). The highest BCUT2D eigenvalue weighted by molar-refractivity contribution is 7.99. The van der Waals surface area contributed by atoms with Crippen molar-refractivity contribution in [2.75, 3.05) is 0 Å². The highest BCUT2D eigenvalue weighted by Crippen LogP contribution is 2.34. The van der Waals surface area contributed by atoms with Crippen LogP contribution in [0.1, 0.15) is 47.8 Å². The zero-order valence-corrected chi connectivity index (χ0v) is 16.6. The molecule has 3 aromatic rings. The van der Waals surface area contributed by atoms with Gasteiger partial charge in [-0.3, -0.25) is 4.79 Å². The molecule has 0 amide bonds. The van der Waals surface area contributed by atoms with E-state index in [9.17, 15) is 4.79 Å². The third-order valence-electron chi connectivity index (χ3n) is 4.43. The van der Waals surface area contributed by atoms with Gasteiger partial charge in [-0.25, -0.2) is 0 Å². The summed E-state index contributed by atoms with van der Waals surface area (Å²) in [5.41, 5.74) is 4.19. The molecule has 132 valence electrons. The van der Waals surface area contributed by atoms with Crippen molar-refractivity contribution in [2.24, 2.45) is 0 Å². The lowest BCUT2D eigenvalue weighted by molar-refractivity contribution is 0.103. The minimum atomic E-state index is 0.0630. The SMILES string of the molecule is Cc1ccc(C(C)(C)C)cc1Sc1ccc(C(=O)c2ccccc2)cc1. The van der Waals surface area contributed by atoms with Crippen molar-refractivity contribution >= 4 is 17.5 Å². The summed E-state index contributed by atoms with van der Waals surface area (Å²) in [7, 11) is 0. The van der Waals surface area contributed by atoms with Gasteiger partial charge in [0.1, 0.15) is 0 Å². The minimum Gasteiger partial charge on any atom is -0.289 e. The van der Waals surface area contributed by atoms with E-state index in [4.69, 9.17) is 0 Å². The number of hydrogen-bond donors (Lipinski definition) is 0. The Morgan fingerprint density at radius 2 is 1.42 bits per heavy atom. The monoisotopic (exact) mass is 360 g/mol. The maximum absolute atomic E-state index is 12.5. The molecule has 0 unspecified atom stereocenters. The van der Waals surface area contributed by atoms with E-state index in [2.05, 4.69) is 45.9 Å². The molecule has 0 atom stereocenters. The standard InChI is InChI=1S/C24H24OS/c1-17-10-13-20(24(2,3)4)16-22(17)26-21-14-11-19(12-15-21)23(25)18-8-6-5-7-9-18/h5-16H,1-4H3. The molecule has 0 saturated heterocycles. The number of benzene rings is 3. The molecule has 0 bridgehead atoms. The first-order valence-corrected chi connectivity index (χ1v) is 9.65. The van der Waals surface area contributed by atoms with Crippen LogP contribution < -0.4 is 0 Å². The van der Waals surface area contributed by atoms with Crippen LogP contribution in [0.3, 0.4) is 0 Å². The van der Waals surface area contributed by atoms with Gasteiger partial charge in [-0.15, -0.1) is 0 Å². The van der Waals surface area contributed by atoms with Gasteiger partial charge in [0.25, 0.3) is 0 Å². The molecule has 3 aromatic carbocycles. The van der Waals surface area contributed by atoms with E-state index in [1.807, 2.05) is 54.6 Å². The van der Waals surface area contributed by atoms with E-state index in [0.717, 1.165) is 16.0 Å². The zero-order chi connectivity index (χ0) is 18.7. The van der Waals surface area contributed by atoms with Crippen molar-refractivity contribution in [3.63, 3.8) is 0 Å². The van der Waals surface area contributed by atoms with Crippen LogP contribution in [0.4, 0.5) is 0 Å². The molecule has 1 nitrogen and oxygen atoms in total. The van der Waals surface area contributed by atoms with E-state index >= 15 is 0 Å². The van der Waals surface area contributed by atoms with Crippen LogP contribution in [-0.4, -0.2) is 5.78 Å². The number of ketones is 1. The fourth-order valence-electron chi connectivity index (χ4n) is 2.73. The second kappa shape index (κ2) is 7.51. The van der Waals surface area contributed by atoms with Crippen molar-refractivity contribution in [1.29, 1.82) is 0 Å². The van der Waals surface area contributed by atoms with Crippen LogP contribution in [0, 0.1) is 6.92 Å². The molecule has 0 radical (unpaired) electrons. The van der Waals surface area contributed by atoms with E-state index in [1.54, 1.807) is 11.8 Å². The molecule has 0 fully saturated rings. The summed E-state index contributed by atoms with van der Waals surface area (Å²) in [4.78, 5) is 14.9. The normalized spacial score (nSPS) is 11.4. The summed E-state index contributed by atoms with van der Waals surface area (Å²) in [6.45, 7) is 8.84. The number of carbonyl (C=O) groups is 1. The number of aryl methyl sites for hydroxylation is 1. The Labute approximate surface area is 160 Å². The molecular weight excluding hydrogens is 336 g/mol. The van der Waals surface area contributed by atoms with Crippen molar-refractivity contribution in [1.82, 2.24) is 0 Å². The Bertz CT molecular complexity index is 903. The van der Waals surface area contributed by atoms with Crippen LogP contribution in [0.5, 0.6) is 0 Å². The van der Waals surface area contributed by atoms with Crippen molar-refractivity contribution < 1.29 is 4.79 Å². The van der Waals surface area contributed by atoms with Crippen LogP contribution in [0.2, 0.25) is 0 Å². The van der Waals surface area contributed by atoms with Gasteiger partial charge in [-0.2, -0.15) is 0 Å². The van der Waals surface area contributed by atoms with Crippen molar-refractivity contribution in [3.8, 4) is 0 Å². The van der Waals surface area contributed by atoms with E-state index in [-0.39, 0.29) is 11.2 Å². The Morgan fingerprint density at radius 1 is 0.808 bits per heavy atom. The molecular formula is C24H24OS. The summed E-state index contributed by atoms with van der Waals surface area (Å²) < 4.78 is 0. The van der Waals surface area contributed by atoms with Crippen LogP contribution in [0.25, 0.3) is 0 Å². The molecule has 0 heterocycles. The Hall–Kier alpha value is -2.32. The van der Waals surface area contributed by atoms with Crippen LogP contribution in [-0.2, 0) is 5.41 Å². The largest absolute Gasteiger partial charge is 0.289 e. The molecule has 0 spiro atoms. The molecule has 0 aliphatic carbocycles. The average molecular weight is 361 g/mol. The summed E-state index contributed by atoms with van der Waals surface area (Å²) in [6.07, 6.45) is 0. The topological polar surface area (TPSA) is 17.1 Å². The highest BCUT2D eigenvalue weighted by atomic mass is 32.2. The maximum Gasteiger partial charge on any atom is 0.193 e.